The fourth-order valence-electron chi connectivity index (χ4n) is 2.02. The molecule has 0 fully saturated rings. The number of halogens is 5. The molecule has 124 valence electrons. The average Bonchev–Trinajstić information content (AvgIpc) is 2.95. The third kappa shape index (κ3) is 3.99. The lowest BCUT2D eigenvalue weighted by Crippen LogP contribution is -2.04. The number of thiazole rings is 1. The quantitative estimate of drug-likeness (QED) is 0.435. The van der Waals surface area contributed by atoms with Gasteiger partial charge in [-0.2, -0.15) is 13.2 Å². The van der Waals surface area contributed by atoms with Gasteiger partial charge in [0.2, 0.25) is 0 Å². The van der Waals surface area contributed by atoms with Crippen LogP contribution in [0.3, 0.4) is 0 Å². The number of rotatable bonds is 3. The summed E-state index contributed by atoms with van der Waals surface area (Å²) in [6, 6.07) is 10.6. The number of benzene rings is 2. The Morgan fingerprint density at radius 1 is 1.00 bits per heavy atom. The molecule has 0 aliphatic heterocycles. The van der Waals surface area contributed by atoms with Crippen LogP contribution in [-0.2, 0) is 6.18 Å². The zero-order valence-electron chi connectivity index (χ0n) is 11.9. The monoisotopic (exact) mass is 476 g/mol. The molecule has 0 unspecified atom stereocenters. The maximum atomic E-state index is 12.6. The van der Waals surface area contributed by atoms with Crippen LogP contribution in [0.4, 0.5) is 24.0 Å². The second-order valence-electron chi connectivity index (χ2n) is 4.86. The van der Waals surface area contributed by atoms with Gasteiger partial charge in [-0.3, -0.25) is 0 Å². The molecule has 0 spiro atoms. The van der Waals surface area contributed by atoms with E-state index in [4.69, 9.17) is 0 Å². The molecule has 0 amide bonds. The Labute approximate surface area is 157 Å². The molecule has 0 aliphatic rings. The van der Waals surface area contributed by atoms with Crippen LogP contribution in [-0.4, -0.2) is 4.98 Å². The Hall–Kier alpha value is -1.38. The van der Waals surface area contributed by atoms with E-state index >= 15 is 0 Å². The summed E-state index contributed by atoms with van der Waals surface area (Å²) in [5.74, 6) is 0. The van der Waals surface area contributed by atoms with E-state index in [0.29, 0.717) is 10.8 Å². The fourth-order valence-corrected chi connectivity index (χ4v) is 4.00. The molecule has 0 aliphatic carbocycles. The summed E-state index contributed by atoms with van der Waals surface area (Å²) >= 11 is 8.28. The molecule has 2 aromatic carbocycles. The number of hydrogen-bond acceptors (Lipinski definition) is 3. The SMILES string of the molecule is FC(F)(F)c1ccc(Nc2nc(-c3ccc(Br)cc3Br)cs2)cc1. The molecule has 0 bridgehead atoms. The average molecular weight is 478 g/mol. The van der Waals surface area contributed by atoms with Crippen molar-refractivity contribution >= 4 is 54.0 Å². The van der Waals surface area contributed by atoms with Gasteiger partial charge >= 0.3 is 6.18 Å². The van der Waals surface area contributed by atoms with Gasteiger partial charge in [-0.05, 0) is 36.4 Å². The second kappa shape index (κ2) is 6.85. The molecule has 0 atom stereocenters. The van der Waals surface area contributed by atoms with Crippen molar-refractivity contribution in [1.29, 1.82) is 0 Å². The zero-order chi connectivity index (χ0) is 17.3. The van der Waals surface area contributed by atoms with Crippen LogP contribution >= 0.6 is 43.2 Å². The maximum Gasteiger partial charge on any atom is 0.416 e. The fraction of sp³-hybridized carbons (Fsp3) is 0.0625. The van der Waals surface area contributed by atoms with Gasteiger partial charge in [-0.15, -0.1) is 11.3 Å². The molecule has 0 radical (unpaired) electrons. The molecule has 8 heteroatoms. The minimum atomic E-state index is -4.33. The number of nitrogens with one attached hydrogen (secondary N) is 1. The van der Waals surface area contributed by atoms with Crippen molar-refractivity contribution in [3.05, 3.63) is 62.4 Å². The van der Waals surface area contributed by atoms with Crippen LogP contribution in [0.1, 0.15) is 5.56 Å². The summed E-state index contributed by atoms with van der Waals surface area (Å²) in [5.41, 5.74) is 1.61. The highest BCUT2D eigenvalue weighted by Gasteiger charge is 2.29. The first-order valence-corrected chi connectivity index (χ1v) is 9.15. The summed E-state index contributed by atoms with van der Waals surface area (Å²) in [5, 5.41) is 5.52. The molecule has 2 nitrogen and oxygen atoms in total. The van der Waals surface area contributed by atoms with Crippen molar-refractivity contribution < 1.29 is 13.2 Å². The van der Waals surface area contributed by atoms with E-state index in [1.165, 1.54) is 23.5 Å². The molecule has 1 heterocycles. The van der Waals surface area contributed by atoms with Crippen molar-refractivity contribution in [2.24, 2.45) is 0 Å². The Balaban J connectivity index is 1.79. The van der Waals surface area contributed by atoms with Gasteiger partial charge in [0.1, 0.15) is 0 Å². The van der Waals surface area contributed by atoms with Crippen molar-refractivity contribution in [2.75, 3.05) is 5.32 Å². The molecule has 1 aromatic heterocycles. The van der Waals surface area contributed by atoms with Crippen molar-refractivity contribution in [2.45, 2.75) is 6.18 Å². The molecule has 24 heavy (non-hydrogen) atoms. The largest absolute Gasteiger partial charge is 0.416 e. The topological polar surface area (TPSA) is 24.9 Å². The van der Waals surface area contributed by atoms with Crippen LogP contribution in [0.25, 0.3) is 11.3 Å². The molecular formula is C16H9Br2F3N2S. The standard InChI is InChI=1S/C16H9Br2F3N2S/c17-10-3-6-12(13(18)7-10)14-8-24-15(23-14)22-11-4-1-9(2-5-11)16(19,20)21/h1-8H,(H,22,23). The maximum absolute atomic E-state index is 12.6. The molecular weight excluding hydrogens is 469 g/mol. The summed E-state index contributed by atoms with van der Waals surface area (Å²) in [6.45, 7) is 0. The second-order valence-corrected chi connectivity index (χ2v) is 7.49. The van der Waals surface area contributed by atoms with Crippen LogP contribution in [0.5, 0.6) is 0 Å². The summed E-state index contributed by atoms with van der Waals surface area (Å²) in [7, 11) is 0. The third-order valence-electron chi connectivity index (χ3n) is 3.17. The lowest BCUT2D eigenvalue weighted by molar-refractivity contribution is -0.137. The summed E-state index contributed by atoms with van der Waals surface area (Å²) < 4.78 is 39.6. The van der Waals surface area contributed by atoms with Gasteiger partial charge in [0.15, 0.2) is 5.13 Å². The number of hydrogen-bond donors (Lipinski definition) is 1. The van der Waals surface area contributed by atoms with Gasteiger partial charge in [0, 0.05) is 25.6 Å². The Morgan fingerprint density at radius 2 is 1.71 bits per heavy atom. The van der Waals surface area contributed by atoms with E-state index in [9.17, 15) is 13.2 Å². The smallest absolute Gasteiger partial charge is 0.332 e. The van der Waals surface area contributed by atoms with Crippen LogP contribution in [0, 0.1) is 0 Å². The van der Waals surface area contributed by atoms with E-state index in [0.717, 1.165) is 32.3 Å². The van der Waals surface area contributed by atoms with Gasteiger partial charge < -0.3 is 5.32 Å². The van der Waals surface area contributed by atoms with Crippen molar-refractivity contribution in [3.63, 3.8) is 0 Å². The molecule has 3 aromatic rings. The van der Waals surface area contributed by atoms with Crippen LogP contribution in [0.15, 0.2) is 56.8 Å². The first kappa shape index (κ1) is 17.4. The predicted molar refractivity (Wildman–Crippen MR) is 97.7 cm³/mol. The highest BCUT2D eigenvalue weighted by atomic mass is 79.9. The van der Waals surface area contributed by atoms with E-state index in [2.05, 4.69) is 42.2 Å². The van der Waals surface area contributed by atoms with Gasteiger partial charge in [-0.1, -0.05) is 37.9 Å². The Morgan fingerprint density at radius 3 is 2.33 bits per heavy atom. The molecule has 3 rings (SSSR count). The minimum absolute atomic E-state index is 0.554. The van der Waals surface area contributed by atoms with E-state index in [1.807, 2.05) is 23.6 Å². The highest BCUT2D eigenvalue weighted by Crippen LogP contribution is 2.34. The van der Waals surface area contributed by atoms with Crippen LogP contribution < -0.4 is 5.32 Å². The molecule has 0 saturated heterocycles. The van der Waals surface area contributed by atoms with Crippen molar-refractivity contribution in [1.82, 2.24) is 4.98 Å². The van der Waals surface area contributed by atoms with Crippen LogP contribution in [0.2, 0.25) is 0 Å². The minimum Gasteiger partial charge on any atom is -0.332 e. The zero-order valence-corrected chi connectivity index (χ0v) is 15.9. The number of nitrogens with zero attached hydrogens (tertiary/aromatic N) is 1. The predicted octanol–water partition coefficient (Wildman–Crippen LogP) is 7.10. The molecule has 1 N–H and O–H groups in total. The first-order valence-electron chi connectivity index (χ1n) is 6.68. The third-order valence-corrected chi connectivity index (χ3v) is 5.08. The first-order chi connectivity index (χ1) is 11.3. The number of aromatic nitrogens is 1. The molecule has 0 saturated carbocycles. The van der Waals surface area contributed by atoms with Gasteiger partial charge in [0.05, 0.1) is 11.3 Å². The van der Waals surface area contributed by atoms with E-state index in [1.54, 1.807) is 0 Å². The lowest BCUT2D eigenvalue weighted by atomic mass is 10.2. The normalized spacial score (nSPS) is 11.5. The van der Waals surface area contributed by atoms with Gasteiger partial charge in [0.25, 0.3) is 0 Å². The van der Waals surface area contributed by atoms with Gasteiger partial charge in [-0.25, -0.2) is 4.98 Å². The van der Waals surface area contributed by atoms with Crippen molar-refractivity contribution in [3.8, 4) is 11.3 Å². The number of alkyl halides is 3. The summed E-state index contributed by atoms with van der Waals surface area (Å²) in [6.07, 6.45) is -4.33. The van der Waals surface area contributed by atoms with E-state index in [-0.39, 0.29) is 0 Å². The lowest BCUT2D eigenvalue weighted by Gasteiger charge is -2.08. The summed E-state index contributed by atoms with van der Waals surface area (Å²) in [4.78, 5) is 4.48. The van der Waals surface area contributed by atoms with E-state index < -0.39 is 11.7 Å². The highest BCUT2D eigenvalue weighted by molar-refractivity contribution is 9.11. The Kier molecular flexibility index (Phi) is 4.98. The Bertz CT molecular complexity index is 861. The number of anilines is 2.